The van der Waals surface area contributed by atoms with E-state index in [-0.39, 0.29) is 23.7 Å². The molecule has 2 aromatic heterocycles. The van der Waals surface area contributed by atoms with Gasteiger partial charge >= 0.3 is 0 Å². The molecule has 0 spiro atoms. The zero-order valence-electron chi connectivity index (χ0n) is 16.1. The van der Waals surface area contributed by atoms with Crippen LogP contribution in [0.15, 0.2) is 38.9 Å². The van der Waals surface area contributed by atoms with E-state index in [4.69, 9.17) is 4.42 Å². The van der Waals surface area contributed by atoms with Crippen LogP contribution in [-0.4, -0.2) is 33.3 Å². The third-order valence-electron chi connectivity index (χ3n) is 5.97. The maximum absolute atomic E-state index is 12.6. The van der Waals surface area contributed by atoms with Crippen LogP contribution >= 0.6 is 0 Å². The lowest BCUT2D eigenvalue weighted by molar-refractivity contribution is -0.119. The molecular weight excluding hydrogens is 370 g/mol. The van der Waals surface area contributed by atoms with Gasteiger partial charge in [0.1, 0.15) is 11.5 Å². The van der Waals surface area contributed by atoms with Gasteiger partial charge in [-0.25, -0.2) is 4.99 Å². The van der Waals surface area contributed by atoms with Crippen LogP contribution in [0.5, 0.6) is 0 Å². The molecule has 2 fully saturated rings. The molecule has 3 heterocycles. The second-order valence-corrected chi connectivity index (χ2v) is 8.00. The second kappa shape index (κ2) is 7.42. The molecule has 2 aliphatic carbocycles. The van der Waals surface area contributed by atoms with E-state index in [1.54, 1.807) is 24.5 Å². The number of carbonyl (C=O) groups is 2. The van der Waals surface area contributed by atoms with E-state index in [2.05, 4.69) is 20.4 Å². The van der Waals surface area contributed by atoms with Gasteiger partial charge in [-0.3, -0.25) is 9.59 Å². The van der Waals surface area contributed by atoms with E-state index < -0.39 is 0 Å². The summed E-state index contributed by atoms with van der Waals surface area (Å²) in [6.45, 7) is 0. The van der Waals surface area contributed by atoms with E-state index in [0.717, 1.165) is 37.8 Å². The molecule has 1 aliphatic heterocycles. The van der Waals surface area contributed by atoms with Gasteiger partial charge in [0.15, 0.2) is 5.76 Å². The first-order chi connectivity index (χ1) is 14.2. The number of rotatable bonds is 4. The quantitative estimate of drug-likeness (QED) is 0.856. The van der Waals surface area contributed by atoms with Gasteiger partial charge in [-0.2, -0.15) is 14.8 Å². The maximum Gasteiger partial charge on any atom is 0.257 e. The summed E-state index contributed by atoms with van der Waals surface area (Å²) in [7, 11) is 0. The van der Waals surface area contributed by atoms with E-state index >= 15 is 0 Å². The van der Waals surface area contributed by atoms with E-state index in [1.807, 2.05) is 0 Å². The molecule has 0 radical (unpaired) electrons. The lowest BCUT2D eigenvalue weighted by atomic mass is 10.0. The van der Waals surface area contributed by atoms with Crippen molar-refractivity contribution in [1.29, 1.82) is 0 Å². The molecule has 0 aromatic carbocycles. The van der Waals surface area contributed by atoms with Gasteiger partial charge in [0.25, 0.3) is 11.9 Å². The van der Waals surface area contributed by atoms with Crippen molar-refractivity contribution in [3.8, 4) is 11.5 Å². The zero-order chi connectivity index (χ0) is 19.8. The summed E-state index contributed by atoms with van der Waals surface area (Å²) in [6.07, 6.45) is 9.18. The Kier molecular flexibility index (Phi) is 4.61. The monoisotopic (exact) mass is 393 g/mol. The molecule has 2 saturated carbocycles. The van der Waals surface area contributed by atoms with Crippen LogP contribution in [0.1, 0.15) is 51.4 Å². The fourth-order valence-corrected chi connectivity index (χ4v) is 4.49. The smallest absolute Gasteiger partial charge is 0.257 e. The number of nitrogens with zero attached hydrogens (tertiary/aromatic N) is 4. The summed E-state index contributed by atoms with van der Waals surface area (Å²) in [6, 6.07) is 5.31. The van der Waals surface area contributed by atoms with Gasteiger partial charge in [-0.15, -0.1) is 0 Å². The van der Waals surface area contributed by atoms with E-state index in [0.29, 0.717) is 29.6 Å². The molecule has 2 amide bonds. The Morgan fingerprint density at radius 1 is 1.21 bits per heavy atom. The molecule has 8 heteroatoms. The van der Waals surface area contributed by atoms with Crippen molar-refractivity contribution in [1.82, 2.24) is 9.78 Å². The van der Waals surface area contributed by atoms with Gasteiger partial charge in [0, 0.05) is 18.2 Å². The van der Waals surface area contributed by atoms with Crippen molar-refractivity contribution in [2.45, 2.75) is 51.4 Å². The van der Waals surface area contributed by atoms with Crippen LogP contribution in [0.3, 0.4) is 0 Å². The van der Waals surface area contributed by atoms with Crippen molar-refractivity contribution < 1.29 is 14.0 Å². The molecule has 1 N–H and O–H groups in total. The van der Waals surface area contributed by atoms with E-state index in [1.165, 1.54) is 17.5 Å². The maximum atomic E-state index is 12.6. The second-order valence-electron chi connectivity index (χ2n) is 8.00. The topological polar surface area (TPSA) is 102 Å². The van der Waals surface area contributed by atoms with Gasteiger partial charge in [-0.05, 0) is 50.2 Å². The molecule has 5 rings (SSSR count). The highest BCUT2D eigenvalue weighted by atomic mass is 16.3. The lowest BCUT2D eigenvalue weighted by Gasteiger charge is -2.15. The molecule has 29 heavy (non-hydrogen) atoms. The summed E-state index contributed by atoms with van der Waals surface area (Å²) < 4.78 is 6.90. The highest BCUT2D eigenvalue weighted by Gasteiger charge is 2.34. The number of furan rings is 1. The first-order valence-electron chi connectivity index (χ1n) is 10.3. The lowest BCUT2D eigenvalue weighted by Crippen LogP contribution is -2.29. The Labute approximate surface area is 168 Å². The van der Waals surface area contributed by atoms with Crippen LogP contribution in [0, 0.1) is 11.8 Å². The Bertz CT molecular complexity index is 996. The molecule has 1 unspecified atom stereocenters. The van der Waals surface area contributed by atoms with Crippen molar-refractivity contribution >= 4 is 29.3 Å². The average molecular weight is 393 g/mol. The summed E-state index contributed by atoms with van der Waals surface area (Å²) in [5, 5.41) is 7.48. The molecule has 3 aliphatic rings. The fourth-order valence-electron chi connectivity index (χ4n) is 4.49. The normalized spacial score (nSPS) is 21.8. The van der Waals surface area contributed by atoms with Crippen LogP contribution in [0.2, 0.25) is 0 Å². The number of fused-ring (bicyclic) bond motifs is 1. The van der Waals surface area contributed by atoms with Crippen LogP contribution in [-0.2, 0) is 9.59 Å². The minimum atomic E-state index is -0.195. The summed E-state index contributed by atoms with van der Waals surface area (Å²) >= 11 is 0. The highest BCUT2D eigenvalue weighted by molar-refractivity contribution is 6.17. The number of hydrogen-bond donors (Lipinski definition) is 1. The molecule has 2 aromatic rings. The highest BCUT2D eigenvalue weighted by Crippen LogP contribution is 2.30. The molecular formula is C21H23N5O3. The first-order valence-corrected chi connectivity index (χ1v) is 10.3. The molecule has 8 nitrogen and oxygen atoms in total. The Hall–Kier alpha value is -3.03. The van der Waals surface area contributed by atoms with Crippen LogP contribution < -0.4 is 5.32 Å². The van der Waals surface area contributed by atoms with Gasteiger partial charge in [-0.1, -0.05) is 12.8 Å². The first kappa shape index (κ1) is 18.0. The summed E-state index contributed by atoms with van der Waals surface area (Å²) in [5.74, 6) is 1.23. The number of anilines is 1. The largest absolute Gasteiger partial charge is 0.463 e. The minimum absolute atomic E-state index is 0.0572. The number of nitrogens with one attached hydrogen (secondary N) is 1. The SMILES string of the molecule is O=C(CC1CCCC1)Nc1cc(-c2ccco2)nn1C1=NC(=O)C2CCCC2=N1. The van der Waals surface area contributed by atoms with Gasteiger partial charge < -0.3 is 9.73 Å². The predicted molar refractivity (Wildman–Crippen MR) is 108 cm³/mol. The summed E-state index contributed by atoms with van der Waals surface area (Å²) in [4.78, 5) is 33.8. The fraction of sp³-hybridized carbons (Fsp3) is 0.476. The number of aromatic nitrogens is 2. The van der Waals surface area contributed by atoms with Crippen LogP contribution in [0.25, 0.3) is 11.5 Å². The minimum Gasteiger partial charge on any atom is -0.463 e. The third kappa shape index (κ3) is 3.54. The van der Waals surface area contributed by atoms with Crippen LogP contribution in [0.4, 0.5) is 5.82 Å². The number of aliphatic imine (C=N–C) groups is 2. The Morgan fingerprint density at radius 2 is 2.07 bits per heavy atom. The van der Waals surface area contributed by atoms with Crippen molar-refractivity contribution in [3.63, 3.8) is 0 Å². The number of amides is 2. The Balaban J connectivity index is 1.46. The average Bonchev–Trinajstić information content (AvgIpc) is 3.48. The number of hydrogen-bond acceptors (Lipinski definition) is 5. The van der Waals surface area contributed by atoms with Crippen molar-refractivity contribution in [2.75, 3.05) is 5.32 Å². The third-order valence-corrected chi connectivity index (χ3v) is 5.97. The van der Waals surface area contributed by atoms with Gasteiger partial charge in [0.2, 0.25) is 5.91 Å². The van der Waals surface area contributed by atoms with Crippen molar-refractivity contribution in [2.24, 2.45) is 21.8 Å². The molecule has 0 bridgehead atoms. The predicted octanol–water partition coefficient (Wildman–Crippen LogP) is 3.65. The number of carbonyl (C=O) groups excluding carboxylic acids is 2. The zero-order valence-corrected chi connectivity index (χ0v) is 16.1. The van der Waals surface area contributed by atoms with Gasteiger partial charge in [0.05, 0.1) is 12.2 Å². The van der Waals surface area contributed by atoms with Crippen molar-refractivity contribution in [3.05, 3.63) is 24.5 Å². The Morgan fingerprint density at radius 3 is 2.86 bits per heavy atom. The molecule has 0 saturated heterocycles. The standard InChI is InChI=1S/C21H23N5O3/c27-19(11-13-5-1-2-6-13)23-18-12-16(17-9-4-10-29-17)25-26(18)21-22-15-8-3-7-14(15)20(28)24-21/h4,9-10,12-14H,1-3,5-8,11H2,(H,23,27). The molecule has 1 atom stereocenters. The molecule has 150 valence electrons. The van der Waals surface area contributed by atoms with E-state index in [9.17, 15) is 9.59 Å². The summed E-state index contributed by atoms with van der Waals surface area (Å²) in [5.41, 5.74) is 1.41.